The van der Waals surface area contributed by atoms with E-state index in [4.69, 9.17) is 0 Å². The van der Waals surface area contributed by atoms with E-state index in [1.54, 1.807) is 0 Å². The van der Waals surface area contributed by atoms with E-state index in [9.17, 15) is 5.21 Å². The van der Waals surface area contributed by atoms with E-state index in [0.717, 1.165) is 21.5 Å². The number of anilines is 1. The van der Waals surface area contributed by atoms with Crippen LogP contribution in [0.5, 0.6) is 0 Å². The minimum absolute atomic E-state index is 0.552. The fourth-order valence-electron chi connectivity index (χ4n) is 2.04. The van der Waals surface area contributed by atoms with Crippen molar-refractivity contribution < 1.29 is 5.21 Å². The molecular formula is C16H20N3OP. The topological polar surface area (TPSA) is 50.1 Å². The molecule has 0 amide bonds. The van der Waals surface area contributed by atoms with Crippen LogP contribution in [0.2, 0.25) is 0 Å². The van der Waals surface area contributed by atoms with Crippen LogP contribution in [0.1, 0.15) is 19.4 Å². The van der Waals surface area contributed by atoms with Crippen molar-refractivity contribution >= 4 is 26.1 Å². The van der Waals surface area contributed by atoms with Crippen LogP contribution >= 0.6 is 9.39 Å². The van der Waals surface area contributed by atoms with Crippen molar-refractivity contribution in [2.45, 2.75) is 20.8 Å². The predicted octanol–water partition coefficient (Wildman–Crippen LogP) is 4.48. The summed E-state index contributed by atoms with van der Waals surface area (Å²) in [6, 6.07) is 13.6. The van der Waals surface area contributed by atoms with Crippen molar-refractivity contribution in [1.82, 2.24) is 9.71 Å². The third kappa shape index (κ3) is 3.01. The van der Waals surface area contributed by atoms with Gasteiger partial charge in [0.1, 0.15) is 5.52 Å². The summed E-state index contributed by atoms with van der Waals surface area (Å²) in [5.41, 5.74) is 4.43. The van der Waals surface area contributed by atoms with Crippen molar-refractivity contribution in [3.05, 3.63) is 48.0 Å². The molecule has 1 atom stereocenters. The van der Waals surface area contributed by atoms with E-state index in [2.05, 4.69) is 19.5 Å². The van der Waals surface area contributed by atoms with Gasteiger partial charge in [0.15, 0.2) is 5.82 Å². The van der Waals surface area contributed by atoms with Crippen LogP contribution in [0.3, 0.4) is 0 Å². The van der Waals surface area contributed by atoms with E-state index in [1.165, 1.54) is 5.56 Å². The van der Waals surface area contributed by atoms with Crippen LogP contribution < -0.4 is 5.09 Å². The fraction of sp³-hybridized carbons (Fsp3) is 0.188. The third-order valence-corrected chi connectivity index (χ3v) is 3.44. The Labute approximate surface area is 127 Å². The first-order valence-corrected chi connectivity index (χ1v) is 7.52. The molecule has 0 aliphatic carbocycles. The molecule has 0 aliphatic rings. The summed E-state index contributed by atoms with van der Waals surface area (Å²) in [4.78, 5) is 4.47. The number of imidazole rings is 1. The number of hydrogen-bond donors (Lipinski definition) is 2. The molecule has 5 heteroatoms. The molecule has 3 aromatic rings. The second kappa shape index (κ2) is 6.59. The van der Waals surface area contributed by atoms with Gasteiger partial charge >= 0.3 is 0 Å². The monoisotopic (exact) mass is 301 g/mol. The van der Waals surface area contributed by atoms with Gasteiger partial charge < -0.3 is 10.3 Å². The zero-order chi connectivity index (χ0) is 15.4. The second-order valence-electron chi connectivity index (χ2n) is 4.46. The number of nitrogens with one attached hydrogen (secondary N) is 1. The van der Waals surface area contributed by atoms with Gasteiger partial charge in [-0.2, -0.15) is 4.73 Å². The number of nitrogens with zero attached hydrogens (tertiary/aromatic N) is 2. The van der Waals surface area contributed by atoms with Crippen molar-refractivity contribution in [3.8, 4) is 11.4 Å². The first-order chi connectivity index (χ1) is 10.2. The molecule has 21 heavy (non-hydrogen) atoms. The number of aromatic nitrogens is 2. The molecular weight excluding hydrogens is 281 g/mol. The molecule has 4 nitrogen and oxygen atoms in total. The van der Waals surface area contributed by atoms with Gasteiger partial charge in [0, 0.05) is 11.3 Å². The molecule has 0 saturated heterocycles. The Morgan fingerprint density at radius 1 is 1.10 bits per heavy atom. The molecule has 0 spiro atoms. The van der Waals surface area contributed by atoms with Crippen molar-refractivity contribution in [3.63, 3.8) is 0 Å². The minimum atomic E-state index is 0.552. The molecule has 0 saturated carbocycles. The number of rotatable bonds is 2. The Bertz CT molecular complexity index is 735. The molecule has 0 bridgehead atoms. The molecule has 110 valence electrons. The Balaban J connectivity index is 0.000000774. The largest absolute Gasteiger partial charge is 0.426 e. The van der Waals surface area contributed by atoms with Crippen LogP contribution in [0.25, 0.3) is 22.4 Å². The Morgan fingerprint density at radius 2 is 1.76 bits per heavy atom. The molecule has 0 radical (unpaired) electrons. The summed E-state index contributed by atoms with van der Waals surface area (Å²) in [6.07, 6.45) is 0. The van der Waals surface area contributed by atoms with Gasteiger partial charge in [-0.15, -0.1) is 0 Å². The lowest BCUT2D eigenvalue weighted by Crippen LogP contribution is -1.94. The summed E-state index contributed by atoms with van der Waals surface area (Å²) in [7, 11) is 2.43. The summed E-state index contributed by atoms with van der Waals surface area (Å²) >= 11 is 0. The van der Waals surface area contributed by atoms with Crippen molar-refractivity contribution in [1.29, 1.82) is 0 Å². The van der Waals surface area contributed by atoms with Gasteiger partial charge in [0.25, 0.3) is 0 Å². The van der Waals surface area contributed by atoms with Gasteiger partial charge in [0.05, 0.1) is 5.52 Å². The highest BCUT2D eigenvalue weighted by atomic mass is 31.0. The maximum Gasteiger partial charge on any atom is 0.176 e. The maximum absolute atomic E-state index is 10.3. The van der Waals surface area contributed by atoms with E-state index < -0.39 is 0 Å². The molecule has 2 aromatic carbocycles. The lowest BCUT2D eigenvalue weighted by Gasteiger charge is -2.02. The first kappa shape index (κ1) is 15.3. The highest BCUT2D eigenvalue weighted by molar-refractivity contribution is 7.18. The fourth-order valence-corrected chi connectivity index (χ4v) is 2.22. The van der Waals surface area contributed by atoms with E-state index in [0.29, 0.717) is 11.3 Å². The molecule has 3 rings (SSSR count). The number of aryl methyl sites for hydroxylation is 1. The van der Waals surface area contributed by atoms with Gasteiger partial charge in [-0.25, -0.2) is 4.98 Å². The lowest BCUT2D eigenvalue weighted by atomic mass is 10.1. The highest BCUT2D eigenvalue weighted by Crippen LogP contribution is 2.26. The predicted molar refractivity (Wildman–Crippen MR) is 91.8 cm³/mol. The van der Waals surface area contributed by atoms with Crippen LogP contribution in [-0.2, 0) is 0 Å². The summed E-state index contributed by atoms with van der Waals surface area (Å²) < 4.78 is 1.13. The number of fused-ring (bicyclic) bond motifs is 1. The minimum Gasteiger partial charge on any atom is -0.426 e. The van der Waals surface area contributed by atoms with Crippen molar-refractivity contribution in [2.75, 3.05) is 5.09 Å². The first-order valence-electron chi connectivity index (χ1n) is 6.94. The van der Waals surface area contributed by atoms with Crippen LogP contribution in [0, 0.1) is 6.92 Å². The molecule has 1 unspecified atom stereocenters. The normalized spacial score (nSPS) is 10.1. The summed E-state index contributed by atoms with van der Waals surface area (Å²) in [5, 5.41) is 13.2. The lowest BCUT2D eigenvalue weighted by molar-refractivity contribution is 0.203. The summed E-state index contributed by atoms with van der Waals surface area (Å²) in [6.45, 7) is 6.03. The van der Waals surface area contributed by atoms with E-state index >= 15 is 0 Å². The van der Waals surface area contributed by atoms with Gasteiger partial charge in [-0.3, -0.25) is 0 Å². The maximum atomic E-state index is 10.3. The Kier molecular flexibility index (Phi) is 4.81. The van der Waals surface area contributed by atoms with Gasteiger partial charge in [-0.05, 0) is 34.5 Å². The summed E-state index contributed by atoms with van der Waals surface area (Å²) in [5.74, 6) is 0.552. The Hall–Kier alpha value is -2.06. The van der Waals surface area contributed by atoms with Gasteiger partial charge in [-0.1, -0.05) is 43.7 Å². The van der Waals surface area contributed by atoms with Crippen LogP contribution in [-0.4, -0.2) is 14.9 Å². The second-order valence-corrected chi connectivity index (χ2v) is 4.75. The van der Waals surface area contributed by atoms with E-state index in [-0.39, 0.29) is 0 Å². The molecule has 0 fully saturated rings. The van der Waals surface area contributed by atoms with Gasteiger partial charge in [0.2, 0.25) is 0 Å². The molecule has 2 N–H and O–H groups in total. The standard InChI is InChI=1S/C14H14N3OP.C2H6/c1-9-2-4-10(5-3-9)14-15-12-7-6-11(16-19)8-13(12)17(14)18;1-2/h2-8,16,18H,19H2,1H3;1-2H3. The smallest absolute Gasteiger partial charge is 0.176 e. The average Bonchev–Trinajstić information content (AvgIpc) is 2.86. The van der Waals surface area contributed by atoms with Crippen LogP contribution in [0.4, 0.5) is 5.69 Å². The van der Waals surface area contributed by atoms with Crippen molar-refractivity contribution in [2.24, 2.45) is 0 Å². The zero-order valence-corrected chi connectivity index (χ0v) is 13.6. The zero-order valence-electron chi connectivity index (χ0n) is 12.5. The molecule has 1 heterocycles. The number of benzene rings is 2. The highest BCUT2D eigenvalue weighted by Gasteiger charge is 2.12. The Morgan fingerprint density at radius 3 is 2.38 bits per heavy atom. The average molecular weight is 301 g/mol. The SMILES string of the molecule is CC.Cc1ccc(-c2nc3ccc(NP)cc3n2O)cc1. The quantitative estimate of drug-likeness (QED) is 0.542. The van der Waals surface area contributed by atoms with E-state index in [1.807, 2.05) is 63.2 Å². The third-order valence-electron chi connectivity index (χ3n) is 3.11. The number of hydrogen-bond acceptors (Lipinski definition) is 3. The molecule has 0 aliphatic heterocycles. The molecule has 1 aromatic heterocycles. The van der Waals surface area contributed by atoms with Crippen LogP contribution in [0.15, 0.2) is 42.5 Å².